The van der Waals surface area contributed by atoms with Crippen LogP contribution in [0.5, 0.6) is 0 Å². The summed E-state index contributed by atoms with van der Waals surface area (Å²) >= 11 is 0. The lowest BCUT2D eigenvalue weighted by Crippen LogP contribution is -1.66. The molecule has 0 aliphatic rings. The molecule has 0 saturated carbocycles. The SMILES string of the molecule is Cc1ccccc1.O=C=NCN=C=O. The third kappa shape index (κ3) is 8.08. The average molecular weight is 190 g/mol. The molecule has 0 heterocycles. The number of carbonyl (C=O) groups excluding carboxylic acids is 2. The molecule has 0 unspecified atom stereocenters. The van der Waals surface area contributed by atoms with Crippen molar-refractivity contribution in [1.29, 1.82) is 0 Å². The largest absolute Gasteiger partial charge is 0.236 e. The number of benzene rings is 1. The Morgan fingerprint density at radius 1 is 1.07 bits per heavy atom. The molecule has 0 bridgehead atoms. The van der Waals surface area contributed by atoms with E-state index < -0.39 is 0 Å². The number of nitrogens with zero attached hydrogens (tertiary/aromatic N) is 2. The van der Waals surface area contributed by atoms with Gasteiger partial charge in [0.2, 0.25) is 12.2 Å². The van der Waals surface area contributed by atoms with E-state index >= 15 is 0 Å². The minimum atomic E-state index is -0.160. The van der Waals surface area contributed by atoms with Crippen LogP contribution in [0.3, 0.4) is 0 Å². The van der Waals surface area contributed by atoms with Crippen molar-refractivity contribution in [3.8, 4) is 0 Å². The number of hydrogen-bond acceptors (Lipinski definition) is 4. The Balaban J connectivity index is 0.000000241. The van der Waals surface area contributed by atoms with E-state index in [1.807, 2.05) is 18.2 Å². The highest BCUT2D eigenvalue weighted by atomic mass is 16.1. The van der Waals surface area contributed by atoms with Gasteiger partial charge in [0.05, 0.1) is 0 Å². The summed E-state index contributed by atoms with van der Waals surface area (Å²) in [6, 6.07) is 10.3. The van der Waals surface area contributed by atoms with Crippen molar-refractivity contribution >= 4 is 12.2 Å². The molecular formula is C10H10N2O2. The van der Waals surface area contributed by atoms with E-state index in [9.17, 15) is 9.59 Å². The van der Waals surface area contributed by atoms with Crippen LogP contribution in [0.2, 0.25) is 0 Å². The molecule has 0 fully saturated rings. The van der Waals surface area contributed by atoms with Crippen LogP contribution in [0.4, 0.5) is 0 Å². The lowest BCUT2D eigenvalue weighted by Gasteiger charge is -1.82. The zero-order valence-electron chi connectivity index (χ0n) is 7.80. The summed E-state index contributed by atoms with van der Waals surface area (Å²) in [5.74, 6) is 0. The van der Waals surface area contributed by atoms with Gasteiger partial charge in [0.25, 0.3) is 0 Å². The van der Waals surface area contributed by atoms with Crippen LogP contribution in [0.15, 0.2) is 40.3 Å². The number of aryl methyl sites for hydroxylation is 1. The number of hydrogen-bond donors (Lipinski definition) is 0. The third-order valence-corrected chi connectivity index (χ3v) is 1.21. The van der Waals surface area contributed by atoms with E-state index in [-0.39, 0.29) is 6.67 Å². The Hall–Kier alpha value is -2.02. The predicted octanol–water partition coefficient (Wildman–Crippen LogP) is 1.61. The smallest absolute Gasteiger partial charge is 0.211 e. The van der Waals surface area contributed by atoms with E-state index in [1.54, 1.807) is 0 Å². The normalized spacial score (nSPS) is 7.21. The van der Waals surface area contributed by atoms with Crippen LogP contribution in [0.1, 0.15) is 5.56 Å². The summed E-state index contributed by atoms with van der Waals surface area (Å²) in [7, 11) is 0. The molecule has 4 nitrogen and oxygen atoms in total. The Morgan fingerprint density at radius 3 is 1.86 bits per heavy atom. The summed E-state index contributed by atoms with van der Waals surface area (Å²) in [6.07, 6.45) is 2.41. The van der Waals surface area contributed by atoms with Crippen LogP contribution in [0.25, 0.3) is 0 Å². The highest BCUT2D eigenvalue weighted by Crippen LogP contribution is 1.92. The number of rotatable bonds is 2. The lowest BCUT2D eigenvalue weighted by molar-refractivity contribution is 0.560. The van der Waals surface area contributed by atoms with Gasteiger partial charge >= 0.3 is 0 Å². The Labute approximate surface area is 82.0 Å². The molecule has 0 amide bonds. The van der Waals surface area contributed by atoms with Crippen LogP contribution in [0, 0.1) is 6.92 Å². The van der Waals surface area contributed by atoms with E-state index in [1.165, 1.54) is 17.7 Å². The molecule has 0 saturated heterocycles. The topological polar surface area (TPSA) is 58.9 Å². The second-order valence-corrected chi connectivity index (χ2v) is 2.29. The predicted molar refractivity (Wildman–Crippen MR) is 52.3 cm³/mol. The molecule has 0 N–H and O–H groups in total. The van der Waals surface area contributed by atoms with E-state index in [4.69, 9.17) is 0 Å². The first-order valence-corrected chi connectivity index (χ1v) is 3.90. The molecule has 0 radical (unpaired) electrons. The molecule has 0 aromatic heterocycles. The van der Waals surface area contributed by atoms with E-state index in [0.717, 1.165) is 0 Å². The molecule has 4 heteroatoms. The molecular weight excluding hydrogens is 180 g/mol. The number of aliphatic imine (C=N–C) groups is 2. The van der Waals surface area contributed by atoms with Gasteiger partial charge in [0, 0.05) is 0 Å². The maximum Gasteiger partial charge on any atom is 0.236 e. The lowest BCUT2D eigenvalue weighted by atomic mass is 10.2. The second kappa shape index (κ2) is 9.07. The van der Waals surface area contributed by atoms with Crippen LogP contribution in [-0.4, -0.2) is 18.8 Å². The van der Waals surface area contributed by atoms with Crippen molar-refractivity contribution in [3.63, 3.8) is 0 Å². The Kier molecular flexibility index (Phi) is 7.76. The van der Waals surface area contributed by atoms with Crippen LogP contribution >= 0.6 is 0 Å². The van der Waals surface area contributed by atoms with Gasteiger partial charge < -0.3 is 0 Å². The molecule has 72 valence electrons. The summed E-state index contributed by atoms with van der Waals surface area (Å²) in [5, 5.41) is 0. The standard InChI is InChI=1S/C7H8.C3H2N2O2/c1-7-5-3-2-4-6-7;6-2-4-1-5-3-7/h2-6H,1H3;1H2. The van der Waals surface area contributed by atoms with E-state index in [2.05, 4.69) is 29.0 Å². The van der Waals surface area contributed by atoms with Gasteiger partial charge in [-0.3, -0.25) is 0 Å². The minimum Gasteiger partial charge on any atom is -0.211 e. The molecule has 0 spiro atoms. The zero-order chi connectivity index (χ0) is 10.6. The fourth-order valence-corrected chi connectivity index (χ4v) is 0.627. The summed E-state index contributed by atoms with van der Waals surface area (Å²) < 4.78 is 0. The molecule has 0 atom stereocenters. The highest BCUT2D eigenvalue weighted by molar-refractivity contribution is 5.35. The first-order chi connectivity index (χ1) is 6.81. The van der Waals surface area contributed by atoms with Crippen molar-refractivity contribution < 1.29 is 9.59 Å². The van der Waals surface area contributed by atoms with Crippen molar-refractivity contribution in [3.05, 3.63) is 35.9 Å². The maximum atomic E-state index is 9.20. The molecule has 1 aromatic carbocycles. The zero-order valence-corrected chi connectivity index (χ0v) is 7.80. The summed E-state index contributed by atoms with van der Waals surface area (Å²) in [6.45, 7) is 1.92. The van der Waals surface area contributed by atoms with Gasteiger partial charge in [0.15, 0.2) is 6.67 Å². The number of isocyanates is 2. The quantitative estimate of drug-likeness (QED) is 0.525. The Morgan fingerprint density at radius 2 is 1.57 bits per heavy atom. The third-order valence-electron chi connectivity index (χ3n) is 1.21. The van der Waals surface area contributed by atoms with Gasteiger partial charge in [-0.2, -0.15) is 9.98 Å². The van der Waals surface area contributed by atoms with Gasteiger partial charge in [-0.15, -0.1) is 0 Å². The van der Waals surface area contributed by atoms with Crippen molar-refractivity contribution in [2.45, 2.75) is 6.92 Å². The molecule has 1 rings (SSSR count). The van der Waals surface area contributed by atoms with Crippen LogP contribution in [-0.2, 0) is 9.59 Å². The maximum absolute atomic E-state index is 9.20. The van der Waals surface area contributed by atoms with Crippen molar-refractivity contribution in [1.82, 2.24) is 0 Å². The van der Waals surface area contributed by atoms with Gasteiger partial charge in [-0.1, -0.05) is 35.9 Å². The molecule has 0 aliphatic carbocycles. The second-order valence-electron chi connectivity index (χ2n) is 2.29. The fraction of sp³-hybridized carbons (Fsp3) is 0.200. The first kappa shape index (κ1) is 12.0. The minimum absolute atomic E-state index is 0.160. The van der Waals surface area contributed by atoms with Gasteiger partial charge in [-0.05, 0) is 6.92 Å². The molecule has 14 heavy (non-hydrogen) atoms. The fourth-order valence-electron chi connectivity index (χ4n) is 0.627. The van der Waals surface area contributed by atoms with Gasteiger partial charge in [-0.25, -0.2) is 9.59 Å². The summed E-state index contributed by atoms with van der Waals surface area (Å²) in [5.41, 5.74) is 1.32. The van der Waals surface area contributed by atoms with Crippen LogP contribution < -0.4 is 0 Å². The summed E-state index contributed by atoms with van der Waals surface area (Å²) in [4.78, 5) is 24.2. The Bertz CT molecular complexity index is 320. The van der Waals surface area contributed by atoms with Crippen molar-refractivity contribution in [2.75, 3.05) is 6.67 Å². The molecule has 1 aromatic rings. The van der Waals surface area contributed by atoms with Gasteiger partial charge in [0.1, 0.15) is 0 Å². The van der Waals surface area contributed by atoms with E-state index in [0.29, 0.717) is 0 Å². The highest BCUT2D eigenvalue weighted by Gasteiger charge is 1.72. The molecule has 0 aliphatic heterocycles. The first-order valence-electron chi connectivity index (χ1n) is 3.90. The van der Waals surface area contributed by atoms with Crippen molar-refractivity contribution in [2.24, 2.45) is 9.98 Å². The average Bonchev–Trinajstić information content (AvgIpc) is 2.21. The monoisotopic (exact) mass is 190 g/mol.